The molecule has 0 aliphatic heterocycles. The van der Waals surface area contributed by atoms with Gasteiger partial charge in [-0.1, -0.05) is 59.9 Å². The van der Waals surface area contributed by atoms with Crippen molar-refractivity contribution < 1.29 is 0 Å². The minimum Gasteiger partial charge on any atom is -0.0955 e. The highest BCUT2D eigenvalue weighted by molar-refractivity contribution is 5.40. The molecule has 0 nitrogen and oxygen atoms in total. The first-order chi connectivity index (χ1) is 6.86. The third-order valence-electron chi connectivity index (χ3n) is 2.65. The molecule has 0 heteroatoms. The van der Waals surface area contributed by atoms with E-state index in [1.54, 1.807) is 0 Å². The van der Waals surface area contributed by atoms with Crippen molar-refractivity contribution in [2.45, 2.75) is 48.0 Å². The first-order valence-electron chi connectivity index (χ1n) is 5.89. The van der Waals surface area contributed by atoms with Gasteiger partial charge < -0.3 is 0 Å². The topological polar surface area (TPSA) is 0 Å². The van der Waals surface area contributed by atoms with Gasteiger partial charge in [-0.25, -0.2) is 0 Å². The van der Waals surface area contributed by atoms with Gasteiger partial charge in [-0.05, 0) is 36.3 Å². The largest absolute Gasteiger partial charge is 0.0955 e. The highest BCUT2D eigenvalue weighted by Gasteiger charge is 2.10. The van der Waals surface area contributed by atoms with Crippen LogP contribution in [0.3, 0.4) is 0 Å². The van der Waals surface area contributed by atoms with Gasteiger partial charge in [-0.2, -0.15) is 0 Å². The Hall–Kier alpha value is -0.780. The van der Waals surface area contributed by atoms with Crippen LogP contribution in [0.1, 0.15) is 48.0 Å². The van der Waals surface area contributed by atoms with E-state index in [4.69, 9.17) is 0 Å². The molecule has 0 aromatic carbocycles. The van der Waals surface area contributed by atoms with Crippen LogP contribution in [0.15, 0.2) is 36.5 Å². The van der Waals surface area contributed by atoms with E-state index in [0.29, 0.717) is 11.8 Å². The Labute approximate surface area is 96.8 Å². The molecule has 1 unspecified atom stereocenters. The van der Waals surface area contributed by atoms with Crippen LogP contribution in [-0.4, -0.2) is 0 Å². The third-order valence-corrected chi connectivity index (χ3v) is 2.65. The predicted molar refractivity (Wildman–Crippen MR) is 73.1 cm³/mol. The zero-order chi connectivity index (χ0) is 12.6. The van der Waals surface area contributed by atoms with Gasteiger partial charge >= 0.3 is 0 Å². The zero-order valence-corrected chi connectivity index (χ0v) is 11.5. The molecule has 0 N–H and O–H groups in total. The molecule has 0 aliphatic carbocycles. The smallest absolute Gasteiger partial charge is 0.0251 e. The molecule has 0 spiro atoms. The second kappa shape index (κ2) is 8.52. The van der Waals surface area contributed by atoms with Crippen LogP contribution in [0.4, 0.5) is 0 Å². The molecule has 0 aromatic heterocycles. The summed E-state index contributed by atoms with van der Waals surface area (Å²) in [5.74, 6) is 1.37. The summed E-state index contributed by atoms with van der Waals surface area (Å²) in [6, 6.07) is 0. The molecule has 0 saturated heterocycles. The highest BCUT2D eigenvalue weighted by atomic mass is 14.2. The Morgan fingerprint density at radius 2 is 1.40 bits per heavy atom. The molecule has 0 heterocycles. The van der Waals surface area contributed by atoms with E-state index in [-0.39, 0.29) is 0 Å². The van der Waals surface area contributed by atoms with Crippen LogP contribution >= 0.6 is 0 Å². The van der Waals surface area contributed by atoms with Crippen molar-refractivity contribution in [1.82, 2.24) is 0 Å². The molecule has 0 aromatic rings. The quantitative estimate of drug-likeness (QED) is 0.532. The lowest BCUT2D eigenvalue weighted by atomic mass is 9.88. The molecular formula is C15H28. The molecule has 0 radical (unpaired) electrons. The molecule has 1 atom stereocenters. The summed E-state index contributed by atoms with van der Waals surface area (Å²) >= 11 is 0. The summed E-state index contributed by atoms with van der Waals surface area (Å²) in [7, 11) is 0. The second-order valence-electron chi connectivity index (χ2n) is 4.29. The van der Waals surface area contributed by atoms with Gasteiger partial charge in [0.05, 0.1) is 0 Å². The molecule has 0 saturated carbocycles. The fourth-order valence-electron chi connectivity index (χ4n) is 1.05. The molecular weight excluding hydrogens is 180 g/mol. The summed E-state index contributed by atoms with van der Waals surface area (Å²) < 4.78 is 0. The second-order valence-corrected chi connectivity index (χ2v) is 4.29. The van der Waals surface area contributed by atoms with E-state index in [9.17, 15) is 0 Å². The number of allylic oxidation sites excluding steroid dienone is 3. The van der Waals surface area contributed by atoms with E-state index in [1.807, 2.05) is 20.8 Å². The van der Waals surface area contributed by atoms with Gasteiger partial charge in [0.15, 0.2) is 0 Å². The Balaban J connectivity index is 0. The van der Waals surface area contributed by atoms with Crippen LogP contribution < -0.4 is 0 Å². The fourth-order valence-corrected chi connectivity index (χ4v) is 1.05. The summed E-state index contributed by atoms with van der Waals surface area (Å²) in [4.78, 5) is 0. The third kappa shape index (κ3) is 7.18. The summed E-state index contributed by atoms with van der Waals surface area (Å²) in [5.41, 5.74) is 3.18. The molecule has 0 amide bonds. The van der Waals surface area contributed by atoms with Crippen molar-refractivity contribution in [2.75, 3.05) is 0 Å². The lowest BCUT2D eigenvalue weighted by Crippen LogP contribution is -2.05. The van der Waals surface area contributed by atoms with Crippen molar-refractivity contribution in [3.05, 3.63) is 36.5 Å². The maximum absolute atomic E-state index is 4.04. The van der Waals surface area contributed by atoms with E-state index < -0.39 is 0 Å². The van der Waals surface area contributed by atoms with Gasteiger partial charge in [-0.3, -0.25) is 0 Å². The van der Waals surface area contributed by atoms with Crippen LogP contribution in [0, 0.1) is 11.8 Å². The zero-order valence-electron chi connectivity index (χ0n) is 11.5. The lowest BCUT2D eigenvalue weighted by Gasteiger charge is -2.18. The van der Waals surface area contributed by atoms with Crippen molar-refractivity contribution in [3.8, 4) is 0 Å². The fraction of sp³-hybridized carbons (Fsp3) is 0.600. The predicted octanol–water partition coefficient (Wildman–Crippen LogP) is 5.38. The van der Waals surface area contributed by atoms with Gasteiger partial charge in [0.1, 0.15) is 0 Å². The van der Waals surface area contributed by atoms with E-state index in [0.717, 1.165) is 23.1 Å². The molecule has 88 valence electrons. The summed E-state index contributed by atoms with van der Waals surface area (Å²) in [5, 5.41) is 0. The summed E-state index contributed by atoms with van der Waals surface area (Å²) in [6.07, 6.45) is 1.03. The molecule has 0 rings (SSSR count). The van der Waals surface area contributed by atoms with Crippen molar-refractivity contribution >= 4 is 0 Å². The molecule has 0 aliphatic rings. The standard InChI is InChI=1S/C13H22.C2H6/c1-9(2)11(5)8-12(6)13(7)10(3)4;1-2/h9,11H,3,6-8H2,1-2,4-5H3;1-2H3. The molecule has 0 bridgehead atoms. The van der Waals surface area contributed by atoms with E-state index in [1.165, 1.54) is 0 Å². The highest BCUT2D eigenvalue weighted by Crippen LogP contribution is 2.24. The Morgan fingerprint density at radius 1 is 1.00 bits per heavy atom. The van der Waals surface area contributed by atoms with Crippen LogP contribution in [0.5, 0.6) is 0 Å². The van der Waals surface area contributed by atoms with Gasteiger partial charge in [0, 0.05) is 0 Å². The number of hydrogen-bond donors (Lipinski definition) is 0. The monoisotopic (exact) mass is 208 g/mol. The minimum atomic E-state index is 0.670. The van der Waals surface area contributed by atoms with E-state index in [2.05, 4.69) is 40.5 Å². The average Bonchev–Trinajstić information content (AvgIpc) is 2.19. The van der Waals surface area contributed by atoms with Crippen LogP contribution in [-0.2, 0) is 0 Å². The van der Waals surface area contributed by atoms with Crippen molar-refractivity contribution in [1.29, 1.82) is 0 Å². The maximum Gasteiger partial charge on any atom is -0.0251 e. The van der Waals surface area contributed by atoms with Gasteiger partial charge in [-0.15, -0.1) is 0 Å². The SMILES string of the molecule is C=C(C)C(=C)C(=C)CC(C)C(C)C.CC. The normalized spacial score (nSPS) is 11.4. The van der Waals surface area contributed by atoms with Crippen molar-refractivity contribution in [2.24, 2.45) is 11.8 Å². The number of hydrogen-bond acceptors (Lipinski definition) is 0. The van der Waals surface area contributed by atoms with Crippen molar-refractivity contribution in [3.63, 3.8) is 0 Å². The van der Waals surface area contributed by atoms with Crippen LogP contribution in [0.25, 0.3) is 0 Å². The van der Waals surface area contributed by atoms with Gasteiger partial charge in [0.25, 0.3) is 0 Å². The summed E-state index contributed by atoms with van der Waals surface area (Å²) in [6.45, 7) is 24.6. The first-order valence-corrected chi connectivity index (χ1v) is 5.89. The average molecular weight is 208 g/mol. The maximum atomic E-state index is 4.04. The van der Waals surface area contributed by atoms with Crippen LogP contribution in [0.2, 0.25) is 0 Å². The lowest BCUT2D eigenvalue weighted by molar-refractivity contribution is 0.418. The molecule has 15 heavy (non-hydrogen) atoms. The first kappa shape index (κ1) is 16.6. The van der Waals surface area contributed by atoms with E-state index >= 15 is 0 Å². The Morgan fingerprint density at radius 3 is 1.67 bits per heavy atom. The number of rotatable bonds is 5. The minimum absolute atomic E-state index is 0.670. The molecule has 0 fully saturated rings. The van der Waals surface area contributed by atoms with Gasteiger partial charge in [0.2, 0.25) is 0 Å². The Bertz CT molecular complexity index is 218. The Kier molecular flexibility index (Phi) is 9.46.